The van der Waals surface area contributed by atoms with Gasteiger partial charge in [0.05, 0.1) is 11.6 Å². The molecule has 18 heavy (non-hydrogen) atoms. The summed E-state index contributed by atoms with van der Waals surface area (Å²) >= 11 is 0. The maximum atomic E-state index is 12.7. The molecule has 0 aliphatic carbocycles. The zero-order valence-electron chi connectivity index (χ0n) is 9.83. The average molecular weight is 261 g/mol. The maximum absolute atomic E-state index is 12.7. The number of benzene rings is 1. The molecule has 0 bridgehead atoms. The number of nitrogens with two attached hydrogens (primary N) is 1. The van der Waals surface area contributed by atoms with E-state index in [9.17, 15) is 18.0 Å². The number of Topliss-reactive ketones (excluding diaryl/α,β-unsaturated/α-hetero) is 1. The first-order chi connectivity index (χ1) is 8.38. The normalized spacial score (nSPS) is 13.4. The van der Waals surface area contributed by atoms with E-state index in [0.29, 0.717) is 0 Å². The van der Waals surface area contributed by atoms with Crippen LogP contribution in [0.2, 0.25) is 0 Å². The molecule has 0 aromatic heterocycles. The van der Waals surface area contributed by atoms with Crippen molar-refractivity contribution in [2.45, 2.75) is 18.6 Å². The van der Waals surface area contributed by atoms with E-state index in [1.54, 1.807) is 0 Å². The number of methoxy groups -OCH3 is 1. The van der Waals surface area contributed by atoms with Gasteiger partial charge in [-0.3, -0.25) is 4.79 Å². The third-order valence-electron chi connectivity index (χ3n) is 2.47. The van der Waals surface area contributed by atoms with E-state index >= 15 is 0 Å². The van der Waals surface area contributed by atoms with E-state index in [1.807, 2.05) is 0 Å². The third-order valence-corrected chi connectivity index (χ3v) is 2.47. The van der Waals surface area contributed by atoms with Crippen molar-refractivity contribution in [2.75, 3.05) is 13.7 Å². The summed E-state index contributed by atoms with van der Waals surface area (Å²) in [7, 11) is 1.43. The first-order valence-electron chi connectivity index (χ1n) is 5.33. The molecule has 0 radical (unpaired) electrons. The Hall–Kier alpha value is -1.40. The molecule has 3 nitrogen and oxygen atoms in total. The van der Waals surface area contributed by atoms with Gasteiger partial charge >= 0.3 is 6.18 Å². The lowest BCUT2D eigenvalue weighted by Crippen LogP contribution is -2.33. The molecule has 2 N–H and O–H groups in total. The molecule has 0 saturated carbocycles. The van der Waals surface area contributed by atoms with Crippen molar-refractivity contribution < 1.29 is 22.7 Å². The van der Waals surface area contributed by atoms with Crippen LogP contribution in [-0.4, -0.2) is 25.5 Å². The Morgan fingerprint density at radius 3 is 2.56 bits per heavy atom. The number of hydrogen-bond acceptors (Lipinski definition) is 3. The van der Waals surface area contributed by atoms with Gasteiger partial charge in [0.2, 0.25) is 0 Å². The van der Waals surface area contributed by atoms with Crippen LogP contribution in [0.3, 0.4) is 0 Å². The highest BCUT2D eigenvalue weighted by molar-refractivity contribution is 6.01. The Balaban J connectivity index is 2.99. The van der Waals surface area contributed by atoms with Gasteiger partial charge in [-0.2, -0.15) is 13.2 Å². The van der Waals surface area contributed by atoms with E-state index in [4.69, 9.17) is 10.5 Å². The average Bonchev–Trinajstić information content (AvgIpc) is 2.34. The van der Waals surface area contributed by atoms with E-state index in [-0.39, 0.29) is 13.0 Å². The van der Waals surface area contributed by atoms with E-state index < -0.39 is 29.1 Å². The predicted molar refractivity (Wildman–Crippen MR) is 60.2 cm³/mol. The molecule has 0 fully saturated rings. The Bertz CT molecular complexity index is 418. The molecule has 0 heterocycles. The molecular weight excluding hydrogens is 247 g/mol. The van der Waals surface area contributed by atoms with Crippen LogP contribution in [-0.2, 0) is 10.9 Å². The van der Waals surface area contributed by atoms with Crippen molar-refractivity contribution in [3.63, 3.8) is 0 Å². The molecule has 0 aliphatic rings. The van der Waals surface area contributed by atoms with Crippen molar-refractivity contribution in [1.29, 1.82) is 0 Å². The summed E-state index contributed by atoms with van der Waals surface area (Å²) in [6, 6.07) is 3.63. The van der Waals surface area contributed by atoms with Gasteiger partial charge in [-0.05, 0) is 12.5 Å². The zero-order chi connectivity index (χ0) is 13.8. The monoisotopic (exact) mass is 261 g/mol. The lowest BCUT2D eigenvalue weighted by Gasteiger charge is -2.15. The molecule has 6 heteroatoms. The van der Waals surface area contributed by atoms with Gasteiger partial charge < -0.3 is 10.5 Å². The lowest BCUT2D eigenvalue weighted by molar-refractivity contribution is -0.137. The maximum Gasteiger partial charge on any atom is 0.417 e. The standard InChI is InChI=1S/C12H14F3NO2/c1-18-7-6-10(16)11(17)8-4-2-3-5-9(8)12(13,14)15/h2-5,10H,6-7,16H2,1H3. The molecule has 1 aromatic carbocycles. The van der Waals surface area contributed by atoms with Crippen LogP contribution in [0.25, 0.3) is 0 Å². The van der Waals surface area contributed by atoms with Gasteiger partial charge in [0.15, 0.2) is 5.78 Å². The number of carbonyl (C=O) groups is 1. The molecule has 0 aliphatic heterocycles. The molecule has 0 spiro atoms. The number of ether oxygens (including phenoxy) is 1. The Kier molecular flexibility index (Phi) is 4.86. The summed E-state index contributed by atoms with van der Waals surface area (Å²) in [5.74, 6) is -0.722. The lowest BCUT2D eigenvalue weighted by atomic mass is 9.97. The largest absolute Gasteiger partial charge is 0.417 e. The minimum Gasteiger partial charge on any atom is -0.385 e. The summed E-state index contributed by atoms with van der Waals surface area (Å²) in [4.78, 5) is 11.8. The van der Waals surface area contributed by atoms with Crippen molar-refractivity contribution in [3.8, 4) is 0 Å². The van der Waals surface area contributed by atoms with Crippen LogP contribution in [0.15, 0.2) is 24.3 Å². The predicted octanol–water partition coefficient (Wildman–Crippen LogP) is 2.25. The molecule has 1 rings (SSSR count). The van der Waals surface area contributed by atoms with E-state index in [1.165, 1.54) is 19.2 Å². The molecule has 0 amide bonds. The minimum atomic E-state index is -4.56. The van der Waals surface area contributed by atoms with Gasteiger partial charge in [0.25, 0.3) is 0 Å². The van der Waals surface area contributed by atoms with Gasteiger partial charge in [-0.15, -0.1) is 0 Å². The molecule has 0 saturated heterocycles. The summed E-state index contributed by atoms with van der Waals surface area (Å²) < 4.78 is 42.9. The summed E-state index contributed by atoms with van der Waals surface area (Å²) in [5.41, 5.74) is 4.20. The second-order valence-electron chi connectivity index (χ2n) is 3.80. The van der Waals surface area contributed by atoms with Crippen LogP contribution >= 0.6 is 0 Å². The third kappa shape index (κ3) is 3.54. The van der Waals surface area contributed by atoms with Gasteiger partial charge in [-0.1, -0.05) is 18.2 Å². The Morgan fingerprint density at radius 2 is 2.00 bits per heavy atom. The number of carbonyl (C=O) groups excluding carboxylic acids is 1. The quantitative estimate of drug-likeness (QED) is 0.827. The fourth-order valence-corrected chi connectivity index (χ4v) is 1.52. The van der Waals surface area contributed by atoms with Crippen molar-refractivity contribution in [3.05, 3.63) is 35.4 Å². The van der Waals surface area contributed by atoms with Crippen molar-refractivity contribution >= 4 is 5.78 Å². The molecule has 1 aromatic rings. The van der Waals surface area contributed by atoms with Crippen LogP contribution < -0.4 is 5.73 Å². The molecular formula is C12H14F3NO2. The number of alkyl halides is 3. The summed E-state index contributed by atoms with van der Waals surface area (Å²) in [6.07, 6.45) is -4.38. The van der Waals surface area contributed by atoms with Crippen molar-refractivity contribution in [1.82, 2.24) is 0 Å². The first kappa shape index (κ1) is 14.7. The first-order valence-corrected chi connectivity index (χ1v) is 5.33. The topological polar surface area (TPSA) is 52.3 Å². The fourth-order valence-electron chi connectivity index (χ4n) is 1.52. The van der Waals surface area contributed by atoms with Gasteiger partial charge in [-0.25, -0.2) is 0 Å². The Morgan fingerprint density at radius 1 is 1.39 bits per heavy atom. The summed E-state index contributed by atoms with van der Waals surface area (Å²) in [6.45, 7) is 0.223. The van der Waals surface area contributed by atoms with Crippen LogP contribution in [0.5, 0.6) is 0 Å². The molecule has 1 unspecified atom stereocenters. The number of halogens is 3. The second kappa shape index (κ2) is 5.97. The fraction of sp³-hybridized carbons (Fsp3) is 0.417. The zero-order valence-corrected chi connectivity index (χ0v) is 9.83. The van der Waals surface area contributed by atoms with Crippen LogP contribution in [0.4, 0.5) is 13.2 Å². The van der Waals surface area contributed by atoms with E-state index in [2.05, 4.69) is 0 Å². The highest BCUT2D eigenvalue weighted by Gasteiger charge is 2.35. The minimum absolute atomic E-state index is 0.182. The van der Waals surface area contributed by atoms with Crippen molar-refractivity contribution in [2.24, 2.45) is 5.73 Å². The molecule has 1 atom stereocenters. The molecule has 100 valence electrons. The summed E-state index contributed by atoms with van der Waals surface area (Å²) in [5, 5.41) is 0. The van der Waals surface area contributed by atoms with E-state index in [0.717, 1.165) is 12.1 Å². The highest BCUT2D eigenvalue weighted by Crippen LogP contribution is 2.32. The van der Waals surface area contributed by atoms with Gasteiger partial charge in [0.1, 0.15) is 0 Å². The SMILES string of the molecule is COCCC(N)C(=O)c1ccccc1C(F)(F)F. The number of hydrogen-bond donors (Lipinski definition) is 1. The smallest absolute Gasteiger partial charge is 0.385 e. The highest BCUT2D eigenvalue weighted by atomic mass is 19.4. The number of ketones is 1. The van der Waals surface area contributed by atoms with Crippen LogP contribution in [0.1, 0.15) is 22.3 Å². The second-order valence-corrected chi connectivity index (χ2v) is 3.80. The van der Waals surface area contributed by atoms with Gasteiger partial charge in [0, 0.05) is 19.3 Å². The Labute approximate surface area is 103 Å². The number of rotatable bonds is 5. The van der Waals surface area contributed by atoms with Crippen LogP contribution in [0, 0.1) is 0 Å².